The molecule has 1 heterocycles. The first-order chi connectivity index (χ1) is 10.2. The Bertz CT molecular complexity index is 615. The van der Waals surface area contributed by atoms with E-state index in [0.29, 0.717) is 11.5 Å². The van der Waals surface area contributed by atoms with Crippen LogP contribution in [0.25, 0.3) is 12.2 Å². The maximum Gasteiger partial charge on any atom is 0.348 e. The smallest absolute Gasteiger partial charge is 0.348 e. The molecule has 0 unspecified atom stereocenters. The number of ether oxygens (including phenoxy) is 1. The highest BCUT2D eigenvalue weighted by molar-refractivity contribution is 8.01. The van der Waals surface area contributed by atoms with E-state index in [2.05, 4.69) is 13.0 Å². The second kappa shape index (κ2) is 8.05. The Morgan fingerprint density at radius 3 is 2.67 bits per heavy atom. The molecule has 0 aliphatic rings. The monoisotopic (exact) mass is 318 g/mol. The molecule has 4 heteroatoms. The third-order valence-corrected chi connectivity index (χ3v) is 4.96. The minimum atomic E-state index is -0.238. The highest BCUT2D eigenvalue weighted by Gasteiger charge is 2.15. The molecule has 110 valence electrons. The third-order valence-electron chi connectivity index (χ3n) is 2.74. The minimum absolute atomic E-state index is 0.238. The molecular formula is C17H18O2S2. The molecule has 0 radical (unpaired) electrons. The second-order valence-electron chi connectivity index (χ2n) is 4.25. The van der Waals surface area contributed by atoms with Crippen molar-refractivity contribution < 1.29 is 9.53 Å². The number of hydrogen-bond donors (Lipinski definition) is 0. The molecule has 21 heavy (non-hydrogen) atoms. The van der Waals surface area contributed by atoms with Gasteiger partial charge in [-0.1, -0.05) is 49.4 Å². The molecule has 2 aromatic rings. The topological polar surface area (TPSA) is 26.3 Å². The molecule has 0 amide bonds. The van der Waals surface area contributed by atoms with Crippen LogP contribution in [-0.2, 0) is 4.74 Å². The number of rotatable bonds is 6. The lowest BCUT2D eigenvalue weighted by Crippen LogP contribution is -2.03. The first-order valence-corrected chi connectivity index (χ1v) is 8.71. The van der Waals surface area contributed by atoms with Crippen LogP contribution in [0, 0.1) is 0 Å². The van der Waals surface area contributed by atoms with E-state index in [0.717, 1.165) is 21.1 Å². The minimum Gasteiger partial charge on any atom is -0.462 e. The fourth-order valence-corrected chi connectivity index (χ4v) is 3.93. The number of esters is 1. The Morgan fingerprint density at radius 2 is 2.00 bits per heavy atom. The van der Waals surface area contributed by atoms with E-state index in [1.165, 1.54) is 11.3 Å². The van der Waals surface area contributed by atoms with Gasteiger partial charge in [0.25, 0.3) is 0 Å². The molecule has 0 aliphatic heterocycles. The average Bonchev–Trinajstić information content (AvgIpc) is 2.90. The van der Waals surface area contributed by atoms with Crippen LogP contribution in [0.3, 0.4) is 0 Å². The first-order valence-electron chi connectivity index (χ1n) is 6.91. The van der Waals surface area contributed by atoms with Gasteiger partial charge in [0.1, 0.15) is 4.88 Å². The summed E-state index contributed by atoms with van der Waals surface area (Å²) >= 11 is 3.25. The molecule has 0 aliphatic carbocycles. The summed E-state index contributed by atoms with van der Waals surface area (Å²) in [6, 6.07) is 12.1. The Hall–Kier alpha value is -1.52. The summed E-state index contributed by atoms with van der Waals surface area (Å²) in [6.45, 7) is 4.33. The maximum atomic E-state index is 12.0. The molecule has 0 spiro atoms. The van der Waals surface area contributed by atoms with Gasteiger partial charge in [0.15, 0.2) is 0 Å². The van der Waals surface area contributed by atoms with Crippen LogP contribution in [0.5, 0.6) is 0 Å². The van der Waals surface area contributed by atoms with Crippen molar-refractivity contribution in [2.45, 2.75) is 18.1 Å². The summed E-state index contributed by atoms with van der Waals surface area (Å²) in [7, 11) is 0. The molecule has 0 atom stereocenters. The molecule has 0 saturated carbocycles. The van der Waals surface area contributed by atoms with Gasteiger partial charge < -0.3 is 4.74 Å². The van der Waals surface area contributed by atoms with Gasteiger partial charge in [-0.25, -0.2) is 4.79 Å². The van der Waals surface area contributed by atoms with Crippen LogP contribution in [0.4, 0.5) is 0 Å². The van der Waals surface area contributed by atoms with E-state index in [9.17, 15) is 4.79 Å². The van der Waals surface area contributed by atoms with Crippen molar-refractivity contribution in [3.05, 3.63) is 52.4 Å². The van der Waals surface area contributed by atoms with Crippen molar-refractivity contribution in [1.29, 1.82) is 0 Å². The number of carbonyl (C=O) groups excluding carboxylic acids is 1. The van der Waals surface area contributed by atoms with Gasteiger partial charge in [-0.05, 0) is 24.3 Å². The van der Waals surface area contributed by atoms with Gasteiger partial charge >= 0.3 is 5.97 Å². The van der Waals surface area contributed by atoms with Crippen LogP contribution in [0.15, 0.2) is 40.6 Å². The summed E-state index contributed by atoms with van der Waals surface area (Å²) in [4.78, 5) is 12.7. The van der Waals surface area contributed by atoms with Crippen molar-refractivity contribution in [2.24, 2.45) is 0 Å². The summed E-state index contributed by atoms with van der Waals surface area (Å²) in [5, 5.41) is 0. The van der Waals surface area contributed by atoms with Crippen LogP contribution in [-0.4, -0.2) is 18.3 Å². The van der Waals surface area contributed by atoms with Crippen LogP contribution in [0.2, 0.25) is 0 Å². The summed E-state index contributed by atoms with van der Waals surface area (Å²) < 4.78 is 6.29. The predicted octanol–water partition coefficient (Wildman–Crippen LogP) is 5.21. The quantitative estimate of drug-likeness (QED) is 0.540. The first kappa shape index (κ1) is 15.9. The number of hydrogen-bond acceptors (Lipinski definition) is 4. The summed E-state index contributed by atoms with van der Waals surface area (Å²) in [5.74, 6) is 0.753. The molecule has 2 rings (SSSR count). The summed E-state index contributed by atoms with van der Waals surface area (Å²) in [6.07, 6.45) is 4.00. The van der Waals surface area contributed by atoms with Crippen LogP contribution < -0.4 is 0 Å². The van der Waals surface area contributed by atoms with E-state index in [1.54, 1.807) is 11.8 Å². The molecule has 1 aromatic carbocycles. The number of thiophene rings is 1. The standard InChI is InChI=1S/C17H18O2S2/c1-3-19-17(18)16-14(12-15(21-16)20-4-2)11-10-13-8-6-5-7-9-13/h5-12H,3-4H2,1-2H3/b11-10+. The molecular weight excluding hydrogens is 300 g/mol. The lowest BCUT2D eigenvalue weighted by Gasteiger charge is -2.00. The predicted molar refractivity (Wildman–Crippen MR) is 92.0 cm³/mol. The molecule has 0 N–H and O–H groups in total. The van der Waals surface area contributed by atoms with E-state index < -0.39 is 0 Å². The molecule has 1 aromatic heterocycles. The zero-order valence-corrected chi connectivity index (χ0v) is 13.8. The third kappa shape index (κ3) is 4.48. The largest absolute Gasteiger partial charge is 0.462 e. The van der Waals surface area contributed by atoms with Crippen molar-refractivity contribution >= 4 is 41.2 Å². The van der Waals surface area contributed by atoms with E-state index in [1.807, 2.05) is 49.4 Å². The molecule has 0 bridgehead atoms. The van der Waals surface area contributed by atoms with Crippen molar-refractivity contribution in [3.8, 4) is 0 Å². The van der Waals surface area contributed by atoms with Gasteiger partial charge in [0, 0.05) is 5.56 Å². The van der Waals surface area contributed by atoms with Crippen LogP contribution in [0.1, 0.15) is 34.6 Å². The van der Waals surface area contributed by atoms with E-state index >= 15 is 0 Å². The lowest BCUT2D eigenvalue weighted by molar-refractivity contribution is 0.0532. The molecule has 0 fully saturated rings. The number of benzene rings is 1. The van der Waals surface area contributed by atoms with Gasteiger partial charge in [-0.3, -0.25) is 0 Å². The molecule has 2 nitrogen and oxygen atoms in total. The highest BCUT2D eigenvalue weighted by atomic mass is 32.2. The maximum absolute atomic E-state index is 12.0. The van der Waals surface area contributed by atoms with E-state index in [4.69, 9.17) is 4.74 Å². The van der Waals surface area contributed by atoms with Crippen LogP contribution >= 0.6 is 23.1 Å². The Morgan fingerprint density at radius 1 is 1.24 bits per heavy atom. The normalized spacial score (nSPS) is 11.0. The average molecular weight is 318 g/mol. The van der Waals surface area contributed by atoms with Gasteiger partial charge in [0.2, 0.25) is 0 Å². The summed E-state index contributed by atoms with van der Waals surface area (Å²) in [5.41, 5.74) is 2.04. The fraction of sp³-hybridized carbons (Fsp3) is 0.235. The lowest BCUT2D eigenvalue weighted by atomic mass is 10.1. The van der Waals surface area contributed by atoms with Crippen molar-refractivity contribution in [3.63, 3.8) is 0 Å². The number of thioether (sulfide) groups is 1. The van der Waals surface area contributed by atoms with Crippen molar-refractivity contribution in [2.75, 3.05) is 12.4 Å². The zero-order chi connectivity index (χ0) is 15.1. The SMILES string of the molecule is CCOC(=O)c1sc(SCC)cc1/C=C/c1ccccc1. The highest BCUT2D eigenvalue weighted by Crippen LogP contribution is 2.32. The van der Waals surface area contributed by atoms with Crippen molar-refractivity contribution in [1.82, 2.24) is 0 Å². The van der Waals surface area contributed by atoms with Gasteiger partial charge in [-0.2, -0.15) is 0 Å². The van der Waals surface area contributed by atoms with Gasteiger partial charge in [-0.15, -0.1) is 23.1 Å². The molecule has 0 saturated heterocycles. The fourth-order valence-electron chi connectivity index (χ4n) is 1.82. The van der Waals surface area contributed by atoms with E-state index in [-0.39, 0.29) is 5.97 Å². The Labute approximate surface area is 133 Å². The van der Waals surface area contributed by atoms with Gasteiger partial charge in [0.05, 0.1) is 10.8 Å². The zero-order valence-electron chi connectivity index (χ0n) is 12.2. The number of carbonyl (C=O) groups is 1. The second-order valence-corrected chi connectivity index (χ2v) is 6.86. The Kier molecular flexibility index (Phi) is 6.08. The Balaban J connectivity index is 2.28.